The molecule has 0 saturated carbocycles. The first-order chi connectivity index (χ1) is 11.7. The number of rotatable bonds is 3. The van der Waals surface area contributed by atoms with Gasteiger partial charge in [0, 0.05) is 11.9 Å². The van der Waals surface area contributed by atoms with Crippen molar-refractivity contribution < 1.29 is 4.90 Å². The van der Waals surface area contributed by atoms with E-state index < -0.39 is 0 Å². The first kappa shape index (κ1) is 16.1. The van der Waals surface area contributed by atoms with Crippen molar-refractivity contribution in [2.75, 3.05) is 19.6 Å². The average molecular weight is 348 g/mol. The fourth-order valence-corrected chi connectivity index (χ4v) is 5.64. The van der Waals surface area contributed by atoms with Gasteiger partial charge in [-0.15, -0.1) is 11.3 Å². The number of thiophene rings is 1. The first-order valence-electron chi connectivity index (χ1n) is 9.24. The van der Waals surface area contributed by atoms with E-state index >= 15 is 0 Å². The SMILES string of the molecule is Cn1c(=O)c2sc3c(c2n(CC[NH+]2CCCCC2)c1=O)CCCC3. The predicted octanol–water partition coefficient (Wildman–Crippen LogP) is 0.709. The summed E-state index contributed by atoms with van der Waals surface area (Å²) in [6, 6.07) is 0. The number of hydrogen-bond acceptors (Lipinski definition) is 3. The van der Waals surface area contributed by atoms with Crippen LogP contribution in [0.5, 0.6) is 0 Å². The molecule has 0 unspecified atom stereocenters. The monoisotopic (exact) mass is 348 g/mol. The molecule has 0 spiro atoms. The zero-order valence-electron chi connectivity index (χ0n) is 14.4. The van der Waals surface area contributed by atoms with Crippen molar-refractivity contribution in [2.24, 2.45) is 7.05 Å². The van der Waals surface area contributed by atoms with Gasteiger partial charge in [0.1, 0.15) is 4.70 Å². The number of nitrogens with zero attached hydrogens (tertiary/aromatic N) is 2. The summed E-state index contributed by atoms with van der Waals surface area (Å²) in [7, 11) is 1.62. The van der Waals surface area contributed by atoms with Crippen LogP contribution in [-0.2, 0) is 26.4 Å². The molecule has 1 aliphatic carbocycles. The number of quaternary nitrogens is 1. The van der Waals surface area contributed by atoms with Gasteiger partial charge in [-0.05, 0) is 50.5 Å². The van der Waals surface area contributed by atoms with E-state index in [1.54, 1.807) is 23.3 Å². The highest BCUT2D eigenvalue weighted by molar-refractivity contribution is 7.19. The number of piperidine rings is 1. The van der Waals surface area contributed by atoms with Gasteiger partial charge in [-0.2, -0.15) is 0 Å². The molecule has 1 N–H and O–H groups in total. The molecule has 3 heterocycles. The quantitative estimate of drug-likeness (QED) is 0.888. The highest BCUT2D eigenvalue weighted by Gasteiger charge is 2.23. The van der Waals surface area contributed by atoms with Crippen molar-refractivity contribution in [2.45, 2.75) is 51.5 Å². The normalized spacial score (nSPS) is 18.9. The van der Waals surface area contributed by atoms with Gasteiger partial charge in [-0.3, -0.25) is 13.9 Å². The summed E-state index contributed by atoms with van der Waals surface area (Å²) >= 11 is 1.62. The lowest BCUT2D eigenvalue weighted by Gasteiger charge is -2.24. The summed E-state index contributed by atoms with van der Waals surface area (Å²) in [5.74, 6) is 0. The van der Waals surface area contributed by atoms with Crippen molar-refractivity contribution in [1.29, 1.82) is 0 Å². The van der Waals surface area contributed by atoms with Gasteiger partial charge in [0.05, 0.1) is 31.7 Å². The van der Waals surface area contributed by atoms with Crippen LogP contribution in [0.1, 0.15) is 42.5 Å². The Kier molecular flexibility index (Phi) is 4.35. The predicted molar refractivity (Wildman–Crippen MR) is 97.4 cm³/mol. The minimum atomic E-state index is -0.143. The van der Waals surface area contributed by atoms with Crippen LogP contribution < -0.4 is 16.1 Å². The Morgan fingerprint density at radius 2 is 1.79 bits per heavy atom. The van der Waals surface area contributed by atoms with E-state index in [0.29, 0.717) is 0 Å². The van der Waals surface area contributed by atoms with Crippen LogP contribution >= 0.6 is 11.3 Å². The summed E-state index contributed by atoms with van der Waals surface area (Å²) in [5.41, 5.74) is 1.98. The summed E-state index contributed by atoms with van der Waals surface area (Å²) in [6.07, 6.45) is 8.36. The third kappa shape index (κ3) is 2.65. The second kappa shape index (κ2) is 6.48. The fraction of sp³-hybridized carbons (Fsp3) is 0.667. The molecule has 1 aliphatic heterocycles. The number of aromatic nitrogens is 2. The van der Waals surface area contributed by atoms with Gasteiger partial charge in [-0.1, -0.05) is 0 Å². The minimum Gasteiger partial charge on any atom is -0.333 e. The molecule has 1 fully saturated rings. The molecular formula is C18H26N3O2S+. The number of nitrogens with one attached hydrogen (secondary N) is 1. The summed E-state index contributed by atoms with van der Waals surface area (Å²) < 4.78 is 3.99. The number of hydrogen-bond donors (Lipinski definition) is 1. The molecule has 0 atom stereocenters. The van der Waals surface area contributed by atoms with Gasteiger partial charge >= 0.3 is 5.69 Å². The molecule has 24 heavy (non-hydrogen) atoms. The topological polar surface area (TPSA) is 48.4 Å². The lowest BCUT2D eigenvalue weighted by atomic mass is 9.98. The van der Waals surface area contributed by atoms with Gasteiger partial charge in [0.15, 0.2) is 0 Å². The van der Waals surface area contributed by atoms with Crippen LogP contribution in [0.15, 0.2) is 9.59 Å². The maximum atomic E-state index is 12.8. The molecule has 0 radical (unpaired) electrons. The summed E-state index contributed by atoms with van der Waals surface area (Å²) in [6.45, 7) is 4.14. The van der Waals surface area contributed by atoms with Crippen molar-refractivity contribution in [1.82, 2.24) is 9.13 Å². The van der Waals surface area contributed by atoms with E-state index in [-0.39, 0.29) is 11.2 Å². The highest BCUT2D eigenvalue weighted by atomic mass is 32.1. The van der Waals surface area contributed by atoms with Crippen LogP contribution in [0.2, 0.25) is 0 Å². The largest absolute Gasteiger partial charge is 0.333 e. The van der Waals surface area contributed by atoms with Gasteiger partial charge < -0.3 is 4.90 Å². The molecule has 0 amide bonds. The smallest absolute Gasteiger partial charge is 0.331 e. The number of fused-ring (bicyclic) bond motifs is 3. The van der Waals surface area contributed by atoms with Crippen molar-refractivity contribution in [3.63, 3.8) is 0 Å². The molecule has 0 aromatic carbocycles. The Bertz CT molecular complexity index is 871. The van der Waals surface area contributed by atoms with Crippen LogP contribution in [0.3, 0.4) is 0 Å². The van der Waals surface area contributed by atoms with Crippen molar-refractivity contribution in [3.05, 3.63) is 31.3 Å². The molecule has 130 valence electrons. The van der Waals surface area contributed by atoms with E-state index in [1.165, 1.54) is 60.2 Å². The van der Waals surface area contributed by atoms with Crippen LogP contribution in [0.4, 0.5) is 0 Å². The van der Waals surface area contributed by atoms with Crippen LogP contribution in [0, 0.1) is 0 Å². The Hall–Kier alpha value is -1.40. The average Bonchev–Trinajstić information content (AvgIpc) is 3.00. The van der Waals surface area contributed by atoms with Gasteiger partial charge in [0.2, 0.25) is 0 Å². The van der Waals surface area contributed by atoms with Crippen molar-refractivity contribution >= 4 is 21.6 Å². The second-order valence-corrected chi connectivity index (χ2v) is 8.35. The Labute approximate surface area is 145 Å². The fourth-order valence-electron chi connectivity index (χ4n) is 4.27. The number of aryl methyl sites for hydroxylation is 2. The molecule has 0 bridgehead atoms. The lowest BCUT2D eigenvalue weighted by Crippen LogP contribution is -3.13. The zero-order chi connectivity index (χ0) is 16.7. The second-order valence-electron chi connectivity index (χ2n) is 7.25. The maximum absolute atomic E-state index is 12.8. The molecule has 5 nitrogen and oxygen atoms in total. The number of likely N-dealkylation sites (tertiary alicyclic amines) is 1. The Morgan fingerprint density at radius 3 is 2.58 bits per heavy atom. The molecule has 2 aromatic heterocycles. The van der Waals surface area contributed by atoms with Crippen LogP contribution in [-0.4, -0.2) is 28.8 Å². The minimum absolute atomic E-state index is 0.115. The van der Waals surface area contributed by atoms with E-state index in [9.17, 15) is 9.59 Å². The highest BCUT2D eigenvalue weighted by Crippen LogP contribution is 2.34. The molecular weight excluding hydrogens is 322 g/mol. The van der Waals surface area contributed by atoms with Gasteiger partial charge in [0.25, 0.3) is 5.56 Å². The van der Waals surface area contributed by atoms with E-state index in [0.717, 1.165) is 36.1 Å². The van der Waals surface area contributed by atoms with Crippen LogP contribution in [0.25, 0.3) is 10.2 Å². The summed E-state index contributed by atoms with van der Waals surface area (Å²) in [5, 5.41) is 0. The first-order valence-corrected chi connectivity index (χ1v) is 10.1. The van der Waals surface area contributed by atoms with Crippen molar-refractivity contribution in [3.8, 4) is 0 Å². The third-order valence-electron chi connectivity index (χ3n) is 5.68. The summed E-state index contributed by atoms with van der Waals surface area (Å²) in [4.78, 5) is 28.3. The zero-order valence-corrected chi connectivity index (χ0v) is 15.2. The van der Waals surface area contributed by atoms with E-state index in [4.69, 9.17) is 0 Å². The maximum Gasteiger partial charge on any atom is 0.331 e. The molecule has 4 rings (SSSR count). The van der Waals surface area contributed by atoms with E-state index in [1.807, 2.05) is 4.57 Å². The lowest BCUT2D eigenvalue weighted by molar-refractivity contribution is -0.905. The Balaban J connectivity index is 1.79. The molecule has 2 aromatic rings. The standard InChI is InChI=1S/C18H25N3O2S/c1-19-17(22)16-15(13-7-3-4-8-14(13)24-16)21(18(19)23)12-11-20-9-5-2-6-10-20/h2-12H2,1H3/p+1. The van der Waals surface area contributed by atoms with Gasteiger partial charge in [-0.25, -0.2) is 4.79 Å². The molecule has 6 heteroatoms. The van der Waals surface area contributed by atoms with E-state index in [2.05, 4.69) is 0 Å². The Morgan fingerprint density at radius 1 is 1.04 bits per heavy atom. The molecule has 2 aliphatic rings. The third-order valence-corrected chi connectivity index (χ3v) is 6.95. The molecule has 1 saturated heterocycles.